The molecule has 0 saturated carbocycles. The Kier molecular flexibility index (Phi) is 4.99. The van der Waals surface area contributed by atoms with Crippen LogP contribution in [0.1, 0.15) is 0 Å². The van der Waals surface area contributed by atoms with Gasteiger partial charge in [-0.05, 0) is 18.2 Å². The normalized spacial score (nSPS) is 10.6. The molecule has 0 radical (unpaired) electrons. The van der Waals surface area contributed by atoms with Crippen LogP contribution in [0.2, 0.25) is 5.02 Å². The second kappa shape index (κ2) is 6.74. The molecular formula is C12H13ClN4O2S. The van der Waals surface area contributed by atoms with E-state index in [1.807, 2.05) is 12.1 Å². The van der Waals surface area contributed by atoms with Gasteiger partial charge in [0.25, 0.3) is 5.91 Å². The number of amides is 1. The molecule has 6 nitrogen and oxygen atoms in total. The average Bonchev–Trinajstić information content (AvgIpc) is 2.92. The molecule has 1 amide bonds. The lowest BCUT2D eigenvalue weighted by molar-refractivity contribution is -0.165. The third-order valence-corrected chi connectivity index (χ3v) is 3.72. The van der Waals surface area contributed by atoms with Crippen LogP contribution in [0.15, 0.2) is 35.7 Å². The summed E-state index contributed by atoms with van der Waals surface area (Å²) in [6.07, 6.45) is 1.58. The van der Waals surface area contributed by atoms with Crippen LogP contribution in [-0.2, 0) is 9.63 Å². The fourth-order valence-electron chi connectivity index (χ4n) is 1.44. The molecule has 1 heterocycles. The molecule has 2 aromatic rings. The van der Waals surface area contributed by atoms with Crippen molar-refractivity contribution in [2.75, 3.05) is 19.9 Å². The van der Waals surface area contributed by atoms with Gasteiger partial charge in [-0.2, -0.15) is 0 Å². The van der Waals surface area contributed by atoms with E-state index in [9.17, 15) is 4.79 Å². The second-order valence-corrected chi connectivity index (χ2v) is 5.20. The first kappa shape index (κ1) is 14.8. The maximum absolute atomic E-state index is 11.7. The van der Waals surface area contributed by atoms with Crippen molar-refractivity contribution in [1.29, 1.82) is 0 Å². The van der Waals surface area contributed by atoms with Gasteiger partial charge in [-0.15, -0.1) is 10.2 Å². The van der Waals surface area contributed by atoms with E-state index in [1.54, 1.807) is 30.1 Å². The Bertz CT molecular complexity index is 605. The number of nitrogens with zero attached hydrogens (tertiary/aromatic N) is 4. The van der Waals surface area contributed by atoms with Crippen LogP contribution < -0.4 is 0 Å². The quantitative estimate of drug-likeness (QED) is 0.624. The monoisotopic (exact) mass is 312 g/mol. The van der Waals surface area contributed by atoms with Gasteiger partial charge in [0.15, 0.2) is 5.16 Å². The summed E-state index contributed by atoms with van der Waals surface area (Å²) in [5.74, 6) is 0.0574. The van der Waals surface area contributed by atoms with Crippen molar-refractivity contribution >= 4 is 29.3 Å². The third kappa shape index (κ3) is 3.50. The number of carbonyl (C=O) groups excluding carboxylic acids is 1. The van der Waals surface area contributed by atoms with Crippen molar-refractivity contribution in [2.24, 2.45) is 0 Å². The Labute approximate surface area is 125 Å². The first-order valence-corrected chi connectivity index (χ1v) is 7.07. The van der Waals surface area contributed by atoms with Crippen LogP contribution in [-0.4, -0.2) is 45.6 Å². The topological polar surface area (TPSA) is 60.2 Å². The highest BCUT2D eigenvalue weighted by atomic mass is 35.5. The summed E-state index contributed by atoms with van der Waals surface area (Å²) in [4.78, 5) is 16.5. The lowest BCUT2D eigenvalue weighted by Gasteiger charge is -2.13. The van der Waals surface area contributed by atoms with E-state index in [0.717, 1.165) is 5.69 Å². The van der Waals surface area contributed by atoms with Gasteiger partial charge >= 0.3 is 0 Å². The van der Waals surface area contributed by atoms with E-state index >= 15 is 0 Å². The van der Waals surface area contributed by atoms with Crippen LogP contribution in [0.5, 0.6) is 0 Å². The molecule has 0 aliphatic carbocycles. The van der Waals surface area contributed by atoms with Crippen molar-refractivity contribution in [1.82, 2.24) is 19.8 Å². The van der Waals surface area contributed by atoms with E-state index < -0.39 is 0 Å². The van der Waals surface area contributed by atoms with Gasteiger partial charge in [0.1, 0.15) is 6.33 Å². The lowest BCUT2D eigenvalue weighted by atomic mass is 10.3. The molecule has 1 aromatic carbocycles. The van der Waals surface area contributed by atoms with Crippen LogP contribution in [0, 0.1) is 0 Å². The Morgan fingerprint density at radius 3 is 3.05 bits per heavy atom. The number of hydrogen-bond acceptors (Lipinski definition) is 5. The zero-order valence-electron chi connectivity index (χ0n) is 11.0. The Morgan fingerprint density at radius 1 is 1.55 bits per heavy atom. The number of thioether (sulfide) groups is 1. The van der Waals surface area contributed by atoms with Gasteiger partial charge < -0.3 is 0 Å². The van der Waals surface area contributed by atoms with Gasteiger partial charge in [0.05, 0.1) is 18.6 Å². The van der Waals surface area contributed by atoms with Crippen molar-refractivity contribution in [3.63, 3.8) is 0 Å². The molecule has 0 fully saturated rings. The highest BCUT2D eigenvalue weighted by Crippen LogP contribution is 2.21. The summed E-state index contributed by atoms with van der Waals surface area (Å²) in [6, 6.07) is 7.33. The number of benzene rings is 1. The molecule has 1 aromatic heterocycles. The number of aromatic nitrogens is 3. The molecule has 2 rings (SSSR count). The second-order valence-electron chi connectivity index (χ2n) is 3.83. The van der Waals surface area contributed by atoms with E-state index in [1.165, 1.54) is 23.9 Å². The average molecular weight is 313 g/mol. The number of hydroxylamine groups is 2. The Hall–Kier alpha value is -1.57. The molecule has 0 bridgehead atoms. The van der Waals surface area contributed by atoms with E-state index in [0.29, 0.717) is 10.2 Å². The molecule has 0 aliphatic heterocycles. The summed E-state index contributed by atoms with van der Waals surface area (Å²) in [6.45, 7) is 0. The first-order valence-electron chi connectivity index (χ1n) is 5.71. The predicted molar refractivity (Wildman–Crippen MR) is 76.9 cm³/mol. The highest BCUT2D eigenvalue weighted by Gasteiger charge is 2.13. The van der Waals surface area contributed by atoms with Gasteiger partial charge in [-0.3, -0.25) is 14.2 Å². The fourth-order valence-corrected chi connectivity index (χ4v) is 2.46. The minimum Gasteiger partial charge on any atom is -0.277 e. The molecule has 106 valence electrons. The lowest BCUT2D eigenvalue weighted by Crippen LogP contribution is -2.27. The van der Waals surface area contributed by atoms with Crippen molar-refractivity contribution in [2.45, 2.75) is 5.16 Å². The molecule has 0 aliphatic rings. The SMILES string of the molecule is CON(C)C(=O)CSc1nncn1-c1cccc(Cl)c1. The highest BCUT2D eigenvalue weighted by molar-refractivity contribution is 7.99. The van der Waals surface area contributed by atoms with Gasteiger partial charge in [-0.25, -0.2) is 5.06 Å². The predicted octanol–water partition coefficient (Wildman–Crippen LogP) is 2.03. The fraction of sp³-hybridized carbons (Fsp3) is 0.250. The van der Waals surface area contributed by atoms with Gasteiger partial charge in [0.2, 0.25) is 0 Å². The molecule has 0 atom stereocenters. The van der Waals surface area contributed by atoms with Gasteiger partial charge in [-0.1, -0.05) is 29.4 Å². The smallest absolute Gasteiger partial charge is 0.256 e. The number of hydrogen-bond donors (Lipinski definition) is 0. The molecule has 20 heavy (non-hydrogen) atoms. The molecule has 0 unspecified atom stereocenters. The largest absolute Gasteiger partial charge is 0.277 e. The number of halogens is 1. The first-order chi connectivity index (χ1) is 9.61. The van der Waals surface area contributed by atoms with Crippen LogP contribution >= 0.6 is 23.4 Å². The van der Waals surface area contributed by atoms with Crippen LogP contribution in [0.4, 0.5) is 0 Å². The molecule has 0 saturated heterocycles. The van der Waals surface area contributed by atoms with E-state index in [4.69, 9.17) is 16.4 Å². The molecule has 8 heteroatoms. The van der Waals surface area contributed by atoms with Gasteiger partial charge in [0, 0.05) is 12.1 Å². The molecule has 0 spiro atoms. The Balaban J connectivity index is 2.11. The van der Waals surface area contributed by atoms with E-state index in [2.05, 4.69) is 10.2 Å². The van der Waals surface area contributed by atoms with Crippen LogP contribution in [0.3, 0.4) is 0 Å². The maximum atomic E-state index is 11.7. The molecule has 0 N–H and O–H groups in total. The number of carbonyl (C=O) groups is 1. The standard InChI is InChI=1S/C12H13ClN4O2S/c1-16(19-2)11(18)7-20-12-15-14-8-17(12)10-5-3-4-9(13)6-10/h3-6,8H,7H2,1-2H3. The van der Waals surface area contributed by atoms with Crippen molar-refractivity contribution < 1.29 is 9.63 Å². The zero-order valence-corrected chi connectivity index (χ0v) is 12.6. The minimum atomic E-state index is -0.154. The number of rotatable bonds is 5. The minimum absolute atomic E-state index is 0.154. The van der Waals surface area contributed by atoms with Crippen LogP contribution in [0.25, 0.3) is 5.69 Å². The summed E-state index contributed by atoms with van der Waals surface area (Å²) in [7, 11) is 3.00. The summed E-state index contributed by atoms with van der Waals surface area (Å²) >= 11 is 7.24. The zero-order chi connectivity index (χ0) is 14.5. The molecular weight excluding hydrogens is 300 g/mol. The van der Waals surface area contributed by atoms with Crippen molar-refractivity contribution in [3.8, 4) is 5.69 Å². The summed E-state index contributed by atoms with van der Waals surface area (Å²) < 4.78 is 1.77. The Morgan fingerprint density at radius 2 is 2.35 bits per heavy atom. The van der Waals surface area contributed by atoms with Crippen molar-refractivity contribution in [3.05, 3.63) is 35.6 Å². The summed E-state index contributed by atoms with van der Waals surface area (Å²) in [5.41, 5.74) is 0.845. The third-order valence-electron chi connectivity index (χ3n) is 2.55. The van der Waals surface area contributed by atoms with E-state index in [-0.39, 0.29) is 11.7 Å². The summed E-state index contributed by atoms with van der Waals surface area (Å²) in [5, 5.41) is 10.3. The maximum Gasteiger partial charge on any atom is 0.256 e.